The first-order valence-electron chi connectivity index (χ1n) is 14.0. The van der Waals surface area contributed by atoms with E-state index in [1.165, 1.54) is 38.3 Å². The maximum atomic E-state index is 13.3. The number of hydrogen-bond donors (Lipinski definition) is 1. The number of nitro groups is 1. The van der Waals surface area contributed by atoms with Gasteiger partial charge in [0.05, 0.1) is 29.1 Å². The fourth-order valence-corrected chi connectivity index (χ4v) is 6.16. The van der Waals surface area contributed by atoms with E-state index in [0.717, 1.165) is 81.3 Å². The molecule has 0 atom stereocenters. The normalized spacial score (nSPS) is 23.1. The van der Waals surface area contributed by atoms with E-state index in [-0.39, 0.29) is 17.8 Å². The third kappa shape index (κ3) is 7.12. The highest BCUT2D eigenvalue weighted by Crippen LogP contribution is 2.38. The van der Waals surface area contributed by atoms with Crippen LogP contribution in [0.3, 0.4) is 0 Å². The van der Waals surface area contributed by atoms with Crippen molar-refractivity contribution in [3.63, 3.8) is 0 Å². The zero-order valence-electron chi connectivity index (χ0n) is 22.0. The quantitative estimate of drug-likeness (QED) is 0.315. The van der Waals surface area contributed by atoms with Crippen molar-refractivity contribution in [2.24, 2.45) is 5.92 Å². The van der Waals surface area contributed by atoms with E-state index < -0.39 is 22.4 Å². The van der Waals surface area contributed by atoms with Gasteiger partial charge in [0.15, 0.2) is 0 Å². The molecular formula is C28H36F3N5O3. The van der Waals surface area contributed by atoms with Gasteiger partial charge in [-0.2, -0.15) is 13.2 Å². The highest BCUT2D eigenvalue weighted by atomic mass is 19.4. The molecular weight excluding hydrogens is 511 g/mol. The van der Waals surface area contributed by atoms with Gasteiger partial charge < -0.3 is 15.0 Å². The molecule has 39 heavy (non-hydrogen) atoms. The molecule has 11 heteroatoms. The lowest BCUT2D eigenvalue weighted by atomic mass is 9.92. The fraction of sp³-hybridized carbons (Fsp3) is 0.607. The number of aromatic nitrogens is 1. The topological polar surface area (TPSA) is 83.8 Å². The number of rotatable bonds is 8. The minimum absolute atomic E-state index is 0.00551. The number of benzene rings is 1. The summed E-state index contributed by atoms with van der Waals surface area (Å²) < 4.78 is 46.2. The molecule has 0 spiro atoms. The Morgan fingerprint density at radius 3 is 2.38 bits per heavy atom. The number of nitrogens with zero attached hydrogens (tertiary/aromatic N) is 4. The first kappa shape index (κ1) is 27.5. The minimum Gasteiger partial charge on any atom is -0.489 e. The number of nitrogens with one attached hydrogen (secondary N) is 1. The van der Waals surface area contributed by atoms with Crippen LogP contribution in [-0.4, -0.2) is 59.7 Å². The van der Waals surface area contributed by atoms with E-state index >= 15 is 0 Å². The number of pyridine rings is 1. The molecule has 212 valence electrons. The summed E-state index contributed by atoms with van der Waals surface area (Å²) in [6.07, 6.45) is 7.28. The van der Waals surface area contributed by atoms with Crippen molar-refractivity contribution in [3.05, 3.63) is 52.3 Å². The number of anilines is 2. The average molecular weight is 548 g/mol. The van der Waals surface area contributed by atoms with Crippen LogP contribution in [0.4, 0.5) is 30.2 Å². The van der Waals surface area contributed by atoms with Gasteiger partial charge in [-0.05, 0) is 56.6 Å². The van der Waals surface area contributed by atoms with Crippen molar-refractivity contribution >= 4 is 17.1 Å². The van der Waals surface area contributed by atoms with E-state index in [2.05, 4.69) is 26.2 Å². The van der Waals surface area contributed by atoms with Crippen LogP contribution < -0.4 is 15.0 Å². The smallest absolute Gasteiger partial charge is 0.423 e. The largest absolute Gasteiger partial charge is 0.489 e. The Balaban J connectivity index is 1.10. The molecule has 0 unspecified atom stereocenters. The molecule has 5 rings (SSSR count). The lowest BCUT2D eigenvalue weighted by Crippen LogP contribution is -2.47. The maximum absolute atomic E-state index is 13.3. The summed E-state index contributed by atoms with van der Waals surface area (Å²) >= 11 is 0. The summed E-state index contributed by atoms with van der Waals surface area (Å²) in [4.78, 5) is 19.4. The Morgan fingerprint density at radius 2 is 1.72 bits per heavy atom. The lowest BCUT2D eigenvalue weighted by molar-refractivity contribution is -0.388. The molecule has 1 aromatic carbocycles. The lowest BCUT2D eigenvalue weighted by Gasteiger charge is -2.37. The van der Waals surface area contributed by atoms with Crippen LogP contribution in [0.25, 0.3) is 0 Å². The molecule has 1 saturated heterocycles. The van der Waals surface area contributed by atoms with Gasteiger partial charge in [-0.1, -0.05) is 12.8 Å². The Bertz CT molecular complexity index is 1130. The summed E-state index contributed by atoms with van der Waals surface area (Å²) in [5.74, 6) is 1.61. The highest BCUT2D eigenvalue weighted by molar-refractivity contribution is 5.55. The van der Waals surface area contributed by atoms with Gasteiger partial charge in [0.1, 0.15) is 11.3 Å². The van der Waals surface area contributed by atoms with Gasteiger partial charge in [0.2, 0.25) is 0 Å². The minimum atomic E-state index is -4.79. The number of nitro benzene ring substituents is 1. The fourth-order valence-electron chi connectivity index (χ4n) is 6.16. The Morgan fingerprint density at radius 1 is 1.00 bits per heavy atom. The Hall–Kier alpha value is -3.08. The van der Waals surface area contributed by atoms with Gasteiger partial charge in [-0.3, -0.25) is 20.0 Å². The average Bonchev–Trinajstić information content (AvgIpc) is 3.43. The van der Waals surface area contributed by atoms with Crippen molar-refractivity contribution in [1.29, 1.82) is 0 Å². The van der Waals surface area contributed by atoms with E-state index in [1.54, 1.807) is 6.20 Å². The standard InChI is InChI=1S/C28H36F3N5O3/c29-28(30,31)26-15-22(7-10-27(26)36(37)38)33-21-5-8-24(9-6-21)39-25-16-23(17-32-18-25)35-13-11-34(12-14-35)19-20-3-1-2-4-20/h7,10,15-18,20-21,24,33H,1-6,8-9,11-14,19H2/t21-,24-. The molecule has 1 aromatic heterocycles. The van der Waals surface area contributed by atoms with Crippen LogP contribution in [0.1, 0.15) is 56.9 Å². The second kappa shape index (κ2) is 12.0. The van der Waals surface area contributed by atoms with Crippen molar-refractivity contribution < 1.29 is 22.8 Å². The van der Waals surface area contributed by atoms with E-state index in [9.17, 15) is 23.3 Å². The van der Waals surface area contributed by atoms with Gasteiger partial charge in [-0.15, -0.1) is 0 Å². The second-order valence-electron chi connectivity index (χ2n) is 11.0. The number of piperazine rings is 1. The number of alkyl halides is 3. The van der Waals surface area contributed by atoms with Gasteiger partial charge in [-0.25, -0.2) is 0 Å². The van der Waals surface area contributed by atoms with Gasteiger partial charge in [0.25, 0.3) is 5.69 Å². The van der Waals surface area contributed by atoms with Crippen LogP contribution in [-0.2, 0) is 6.18 Å². The molecule has 1 N–H and O–H groups in total. The SMILES string of the molecule is O=[N+]([O-])c1ccc(N[C@H]2CC[C@H](Oc3cncc(N4CCN(CC5CCCC5)CC4)c3)CC2)cc1C(F)(F)F. The number of hydrogen-bond acceptors (Lipinski definition) is 7. The third-order valence-corrected chi connectivity index (χ3v) is 8.27. The highest BCUT2D eigenvalue weighted by Gasteiger charge is 2.38. The van der Waals surface area contributed by atoms with Crippen LogP contribution in [0.5, 0.6) is 5.75 Å². The molecule has 2 saturated carbocycles. The zero-order valence-corrected chi connectivity index (χ0v) is 22.0. The number of halogens is 3. The number of ether oxygens (including phenoxy) is 1. The molecule has 0 bridgehead atoms. The first-order valence-corrected chi connectivity index (χ1v) is 14.0. The maximum Gasteiger partial charge on any atom is 0.423 e. The Kier molecular flexibility index (Phi) is 8.44. The van der Waals surface area contributed by atoms with Gasteiger partial charge in [0, 0.05) is 56.6 Å². The molecule has 3 fully saturated rings. The van der Waals surface area contributed by atoms with Crippen molar-refractivity contribution in [1.82, 2.24) is 9.88 Å². The summed E-state index contributed by atoms with van der Waals surface area (Å²) in [6, 6.07) is 5.10. The second-order valence-corrected chi connectivity index (χ2v) is 11.0. The molecule has 0 radical (unpaired) electrons. The Labute approximate surface area is 226 Å². The van der Waals surface area contributed by atoms with Crippen LogP contribution in [0.15, 0.2) is 36.7 Å². The molecule has 1 aliphatic heterocycles. The monoisotopic (exact) mass is 547 g/mol. The van der Waals surface area contributed by atoms with Crippen LogP contribution in [0.2, 0.25) is 0 Å². The van der Waals surface area contributed by atoms with Crippen molar-refractivity contribution in [3.8, 4) is 5.75 Å². The summed E-state index contributed by atoms with van der Waals surface area (Å²) in [5, 5.41) is 14.1. The van der Waals surface area contributed by atoms with Crippen molar-refractivity contribution in [2.45, 2.75) is 69.7 Å². The molecule has 0 amide bonds. The first-order chi connectivity index (χ1) is 18.7. The predicted octanol–water partition coefficient (Wildman–Crippen LogP) is 6.12. The third-order valence-electron chi connectivity index (χ3n) is 8.27. The molecule has 2 aliphatic carbocycles. The summed E-state index contributed by atoms with van der Waals surface area (Å²) in [6.45, 7) is 5.32. The predicted molar refractivity (Wildman–Crippen MR) is 143 cm³/mol. The van der Waals surface area contributed by atoms with E-state index in [4.69, 9.17) is 4.74 Å². The van der Waals surface area contributed by atoms with E-state index in [0.29, 0.717) is 0 Å². The van der Waals surface area contributed by atoms with Crippen molar-refractivity contribution in [2.75, 3.05) is 42.9 Å². The zero-order chi connectivity index (χ0) is 27.4. The summed E-state index contributed by atoms with van der Waals surface area (Å²) in [7, 11) is 0. The molecule has 2 aromatic rings. The van der Waals surface area contributed by atoms with Crippen LogP contribution >= 0.6 is 0 Å². The van der Waals surface area contributed by atoms with E-state index in [1.807, 2.05) is 6.20 Å². The molecule has 8 nitrogen and oxygen atoms in total. The molecule has 3 aliphatic rings. The van der Waals surface area contributed by atoms with Crippen LogP contribution in [0, 0.1) is 16.0 Å². The molecule has 2 heterocycles. The van der Waals surface area contributed by atoms with Gasteiger partial charge >= 0.3 is 6.18 Å². The summed E-state index contributed by atoms with van der Waals surface area (Å²) in [5.41, 5.74) is -0.872.